The van der Waals surface area contributed by atoms with E-state index in [-0.39, 0.29) is 35.0 Å². The third-order valence-electron chi connectivity index (χ3n) is 6.39. The van der Waals surface area contributed by atoms with Crippen LogP contribution in [0.25, 0.3) is 6.08 Å². The Morgan fingerprint density at radius 1 is 0.650 bits per heavy atom. The lowest BCUT2D eigenvalue weighted by atomic mass is 9.87. The SMILES string of the molecule is COC(=O)C(Cc1ccc(OC)cc1)c1c(OC)c(OC)c(OC)c(C(=O)/C=C/c2ccc(OC)cc2)c1OC. The first-order valence-corrected chi connectivity index (χ1v) is 12.3. The molecule has 9 heteroatoms. The molecular weight excluding hydrogens is 516 g/mol. The molecule has 0 heterocycles. The quantitative estimate of drug-likeness (QED) is 0.163. The molecule has 0 spiro atoms. The van der Waals surface area contributed by atoms with E-state index in [1.807, 2.05) is 24.3 Å². The fraction of sp³-hybridized carbons (Fsp3) is 0.290. The molecule has 0 aliphatic heterocycles. The highest BCUT2D eigenvalue weighted by molar-refractivity contribution is 6.12. The Morgan fingerprint density at radius 2 is 1.18 bits per heavy atom. The number of hydrogen-bond acceptors (Lipinski definition) is 9. The largest absolute Gasteiger partial charge is 0.497 e. The van der Waals surface area contributed by atoms with E-state index in [2.05, 4.69) is 0 Å². The Morgan fingerprint density at radius 3 is 1.65 bits per heavy atom. The molecule has 212 valence electrons. The lowest BCUT2D eigenvalue weighted by molar-refractivity contribution is -0.142. The zero-order chi connectivity index (χ0) is 29.2. The molecule has 1 unspecified atom stereocenters. The molecule has 0 fully saturated rings. The smallest absolute Gasteiger partial charge is 0.313 e. The Hall–Kier alpha value is -4.66. The van der Waals surface area contributed by atoms with Gasteiger partial charge in [-0.15, -0.1) is 0 Å². The normalized spacial score (nSPS) is 11.5. The second-order valence-electron chi connectivity index (χ2n) is 8.52. The van der Waals surface area contributed by atoms with Crippen LogP contribution in [0.4, 0.5) is 0 Å². The second kappa shape index (κ2) is 13.9. The highest BCUT2D eigenvalue weighted by atomic mass is 16.5. The molecule has 0 aliphatic carbocycles. The van der Waals surface area contributed by atoms with Crippen LogP contribution in [0.5, 0.6) is 34.5 Å². The number of ketones is 1. The minimum Gasteiger partial charge on any atom is -0.497 e. The van der Waals surface area contributed by atoms with Gasteiger partial charge in [-0.05, 0) is 47.9 Å². The summed E-state index contributed by atoms with van der Waals surface area (Å²) in [6.07, 6.45) is 3.27. The van der Waals surface area contributed by atoms with Gasteiger partial charge in [-0.1, -0.05) is 30.3 Å². The molecule has 0 saturated heterocycles. The molecule has 0 saturated carbocycles. The zero-order valence-electron chi connectivity index (χ0n) is 23.7. The summed E-state index contributed by atoms with van der Waals surface area (Å²) >= 11 is 0. The zero-order valence-corrected chi connectivity index (χ0v) is 23.7. The number of benzene rings is 3. The highest BCUT2D eigenvalue weighted by Crippen LogP contribution is 2.52. The number of carbonyl (C=O) groups excluding carboxylic acids is 2. The maximum Gasteiger partial charge on any atom is 0.313 e. The van der Waals surface area contributed by atoms with Crippen molar-refractivity contribution in [3.63, 3.8) is 0 Å². The number of esters is 1. The van der Waals surface area contributed by atoms with E-state index in [1.165, 1.54) is 41.6 Å². The van der Waals surface area contributed by atoms with Gasteiger partial charge >= 0.3 is 5.97 Å². The van der Waals surface area contributed by atoms with Crippen molar-refractivity contribution in [3.8, 4) is 34.5 Å². The summed E-state index contributed by atoms with van der Waals surface area (Å²) in [5.41, 5.74) is 1.97. The summed E-state index contributed by atoms with van der Waals surface area (Å²) < 4.78 is 38.5. The van der Waals surface area contributed by atoms with Crippen LogP contribution in [0.3, 0.4) is 0 Å². The van der Waals surface area contributed by atoms with Gasteiger partial charge in [-0.25, -0.2) is 0 Å². The standard InChI is InChI=1S/C31H34O9/c1-34-21-13-8-19(9-14-21)12-17-24(32)26-27(36-3)25(28(37-4)30(39-6)29(26)38-5)23(31(33)40-7)18-20-10-15-22(35-2)16-11-20/h8-17,23H,18H2,1-7H3/b17-12+. The molecule has 0 radical (unpaired) electrons. The van der Waals surface area contributed by atoms with E-state index in [0.29, 0.717) is 17.1 Å². The maximum absolute atomic E-state index is 13.7. The first-order chi connectivity index (χ1) is 19.4. The van der Waals surface area contributed by atoms with Gasteiger partial charge in [-0.3, -0.25) is 9.59 Å². The number of allylic oxidation sites excluding steroid dienone is 1. The Labute approximate surface area is 234 Å². The van der Waals surface area contributed by atoms with Crippen molar-refractivity contribution < 1.29 is 42.7 Å². The van der Waals surface area contributed by atoms with Gasteiger partial charge in [0.15, 0.2) is 17.3 Å². The number of ether oxygens (including phenoxy) is 7. The van der Waals surface area contributed by atoms with Crippen LogP contribution in [0.1, 0.15) is 33.0 Å². The molecule has 1 atom stereocenters. The van der Waals surface area contributed by atoms with E-state index in [0.717, 1.165) is 11.1 Å². The molecule has 3 aromatic carbocycles. The molecule has 0 aromatic heterocycles. The van der Waals surface area contributed by atoms with Crippen molar-refractivity contribution in [3.05, 3.63) is 76.9 Å². The number of hydrogen-bond donors (Lipinski definition) is 0. The summed E-state index contributed by atoms with van der Waals surface area (Å²) in [6, 6.07) is 14.5. The summed E-state index contributed by atoms with van der Waals surface area (Å²) in [4.78, 5) is 26.9. The van der Waals surface area contributed by atoms with Crippen molar-refractivity contribution in [1.29, 1.82) is 0 Å². The monoisotopic (exact) mass is 550 g/mol. The van der Waals surface area contributed by atoms with Crippen LogP contribution in [-0.4, -0.2) is 61.5 Å². The first kappa shape index (κ1) is 29.9. The second-order valence-corrected chi connectivity index (χ2v) is 8.52. The predicted molar refractivity (Wildman–Crippen MR) is 150 cm³/mol. The van der Waals surface area contributed by atoms with Crippen molar-refractivity contribution in [2.24, 2.45) is 0 Å². The molecule has 0 bridgehead atoms. The van der Waals surface area contributed by atoms with Crippen LogP contribution in [0.15, 0.2) is 54.6 Å². The molecule has 40 heavy (non-hydrogen) atoms. The van der Waals surface area contributed by atoms with Gasteiger partial charge in [0.1, 0.15) is 22.8 Å². The number of carbonyl (C=O) groups is 2. The fourth-order valence-corrected chi connectivity index (χ4v) is 4.43. The summed E-state index contributed by atoms with van der Waals surface area (Å²) in [5, 5.41) is 0. The molecule has 0 aliphatic rings. The minimum absolute atomic E-state index is 0.0750. The van der Waals surface area contributed by atoms with Crippen molar-refractivity contribution in [1.82, 2.24) is 0 Å². The van der Waals surface area contributed by atoms with Crippen LogP contribution in [0, 0.1) is 0 Å². The molecule has 0 N–H and O–H groups in total. The topological polar surface area (TPSA) is 98.8 Å². The minimum atomic E-state index is -0.916. The molecule has 3 aromatic rings. The van der Waals surface area contributed by atoms with Crippen LogP contribution in [-0.2, 0) is 16.0 Å². The number of methoxy groups -OCH3 is 7. The molecule has 9 nitrogen and oxygen atoms in total. The third kappa shape index (κ3) is 6.31. The van der Waals surface area contributed by atoms with Crippen LogP contribution < -0.4 is 28.4 Å². The van der Waals surface area contributed by atoms with E-state index in [1.54, 1.807) is 44.6 Å². The Bertz CT molecular complexity index is 1340. The third-order valence-corrected chi connectivity index (χ3v) is 6.39. The average molecular weight is 551 g/mol. The summed E-state index contributed by atoms with van der Waals surface area (Å²) in [6.45, 7) is 0. The van der Waals surface area contributed by atoms with Gasteiger partial charge in [0, 0.05) is 0 Å². The van der Waals surface area contributed by atoms with Gasteiger partial charge < -0.3 is 33.2 Å². The van der Waals surface area contributed by atoms with E-state index >= 15 is 0 Å². The number of rotatable bonds is 13. The lowest BCUT2D eigenvalue weighted by Crippen LogP contribution is -2.20. The predicted octanol–water partition coefficient (Wildman–Crippen LogP) is 5.13. The van der Waals surface area contributed by atoms with Crippen molar-refractivity contribution in [2.75, 3.05) is 49.8 Å². The van der Waals surface area contributed by atoms with E-state index < -0.39 is 17.7 Å². The Balaban J connectivity index is 2.23. The van der Waals surface area contributed by atoms with Crippen LogP contribution >= 0.6 is 0 Å². The molecule has 0 amide bonds. The van der Waals surface area contributed by atoms with Crippen molar-refractivity contribution in [2.45, 2.75) is 12.3 Å². The fourth-order valence-electron chi connectivity index (χ4n) is 4.43. The summed E-state index contributed by atoms with van der Waals surface area (Å²) in [5.74, 6) is 0.0339. The first-order valence-electron chi connectivity index (χ1n) is 12.3. The van der Waals surface area contributed by atoms with Gasteiger partial charge in [0.25, 0.3) is 0 Å². The maximum atomic E-state index is 13.7. The average Bonchev–Trinajstić information content (AvgIpc) is 3.00. The van der Waals surface area contributed by atoms with Gasteiger partial charge in [0.2, 0.25) is 5.75 Å². The van der Waals surface area contributed by atoms with E-state index in [4.69, 9.17) is 33.2 Å². The molecule has 3 rings (SSSR count). The Kier molecular flexibility index (Phi) is 10.4. The van der Waals surface area contributed by atoms with Crippen LogP contribution in [0.2, 0.25) is 0 Å². The van der Waals surface area contributed by atoms with Crippen molar-refractivity contribution >= 4 is 17.8 Å². The van der Waals surface area contributed by atoms with E-state index in [9.17, 15) is 9.59 Å². The lowest BCUT2D eigenvalue weighted by Gasteiger charge is -2.26. The van der Waals surface area contributed by atoms with Gasteiger partial charge in [-0.2, -0.15) is 0 Å². The van der Waals surface area contributed by atoms with Gasteiger partial charge in [0.05, 0.1) is 61.2 Å². The summed E-state index contributed by atoms with van der Waals surface area (Å²) in [7, 11) is 10.1. The molecular formula is C31H34O9. The highest BCUT2D eigenvalue weighted by Gasteiger charge is 2.37.